The highest BCUT2D eigenvalue weighted by Crippen LogP contribution is 2.24. The molecular formula is C24H33N5O2. The summed E-state index contributed by atoms with van der Waals surface area (Å²) in [6.07, 6.45) is 4.77. The molecule has 166 valence electrons. The normalized spacial score (nSPS) is 17.5. The van der Waals surface area contributed by atoms with E-state index in [-0.39, 0.29) is 11.2 Å². The number of imidazole rings is 1. The van der Waals surface area contributed by atoms with Crippen molar-refractivity contribution < 1.29 is 0 Å². The molecule has 0 N–H and O–H groups in total. The molecule has 0 spiro atoms. The molecule has 1 aliphatic heterocycles. The Morgan fingerprint density at radius 2 is 1.84 bits per heavy atom. The molecule has 0 aliphatic carbocycles. The van der Waals surface area contributed by atoms with E-state index in [2.05, 4.69) is 43.9 Å². The van der Waals surface area contributed by atoms with Crippen LogP contribution in [-0.2, 0) is 27.2 Å². The summed E-state index contributed by atoms with van der Waals surface area (Å²) < 4.78 is 4.72. The molecular weight excluding hydrogens is 390 g/mol. The van der Waals surface area contributed by atoms with Gasteiger partial charge in [-0.05, 0) is 50.8 Å². The van der Waals surface area contributed by atoms with Crippen LogP contribution in [0.2, 0.25) is 0 Å². The number of nitrogens with zero attached hydrogens (tertiary/aromatic N) is 5. The molecule has 7 heteroatoms. The van der Waals surface area contributed by atoms with Crippen molar-refractivity contribution in [2.45, 2.75) is 65.6 Å². The Morgan fingerprint density at radius 1 is 1.06 bits per heavy atom. The van der Waals surface area contributed by atoms with Crippen molar-refractivity contribution >= 4 is 11.2 Å². The van der Waals surface area contributed by atoms with Crippen LogP contribution in [0.15, 0.2) is 27.8 Å². The van der Waals surface area contributed by atoms with Crippen molar-refractivity contribution in [3.8, 4) is 0 Å². The van der Waals surface area contributed by atoms with E-state index in [9.17, 15) is 9.59 Å². The van der Waals surface area contributed by atoms with Crippen molar-refractivity contribution in [3.05, 3.63) is 61.6 Å². The van der Waals surface area contributed by atoms with Crippen molar-refractivity contribution in [3.63, 3.8) is 0 Å². The Bertz CT molecular complexity index is 1230. The van der Waals surface area contributed by atoms with Crippen molar-refractivity contribution in [1.82, 2.24) is 23.6 Å². The number of likely N-dealkylation sites (tertiary alicyclic amines) is 1. The van der Waals surface area contributed by atoms with E-state index in [1.807, 2.05) is 4.57 Å². The van der Waals surface area contributed by atoms with Gasteiger partial charge in [0.1, 0.15) is 5.82 Å². The molecule has 31 heavy (non-hydrogen) atoms. The summed E-state index contributed by atoms with van der Waals surface area (Å²) in [5, 5.41) is 0. The van der Waals surface area contributed by atoms with Crippen LogP contribution in [0.3, 0.4) is 0 Å². The fraction of sp³-hybridized carbons (Fsp3) is 0.542. The standard InChI is InChI=1S/C24H33N5O2/c1-6-19-9-7-8-12-28(19)15-20-25-22-21(23(30)27(5)24(31)26(22)4)29(20)14-18-13-16(2)10-11-17(18)3/h10-11,13,19H,6-9,12,14-15H2,1-5H3/t19-/m1/s1. The molecule has 1 atom stereocenters. The molecule has 1 aliphatic rings. The Morgan fingerprint density at radius 3 is 2.58 bits per heavy atom. The summed E-state index contributed by atoms with van der Waals surface area (Å²) in [4.78, 5) is 33.1. The van der Waals surface area contributed by atoms with Crippen LogP contribution >= 0.6 is 0 Å². The van der Waals surface area contributed by atoms with Gasteiger partial charge in [0.25, 0.3) is 5.56 Å². The molecule has 4 rings (SSSR count). The molecule has 7 nitrogen and oxygen atoms in total. The third kappa shape index (κ3) is 3.87. The van der Waals surface area contributed by atoms with Crippen LogP contribution in [0.4, 0.5) is 0 Å². The maximum absolute atomic E-state index is 13.2. The number of aryl methyl sites for hydroxylation is 3. The molecule has 1 fully saturated rings. The van der Waals surface area contributed by atoms with Crippen LogP contribution < -0.4 is 11.2 Å². The smallest absolute Gasteiger partial charge is 0.317 e. The summed E-state index contributed by atoms with van der Waals surface area (Å²) >= 11 is 0. The van der Waals surface area contributed by atoms with Crippen LogP contribution in [0.1, 0.15) is 55.1 Å². The molecule has 1 saturated heterocycles. The Balaban J connectivity index is 1.90. The summed E-state index contributed by atoms with van der Waals surface area (Å²) in [6, 6.07) is 6.94. The Kier molecular flexibility index (Phi) is 5.88. The molecule has 0 saturated carbocycles. The predicted octanol–water partition coefficient (Wildman–Crippen LogP) is 2.86. The third-order valence-electron chi connectivity index (χ3n) is 6.82. The third-order valence-corrected chi connectivity index (χ3v) is 6.82. The molecule has 2 aromatic heterocycles. The van der Waals surface area contributed by atoms with Gasteiger partial charge in [-0.1, -0.05) is 37.1 Å². The van der Waals surface area contributed by atoms with Crippen LogP contribution in [0.5, 0.6) is 0 Å². The average molecular weight is 424 g/mol. The summed E-state index contributed by atoms with van der Waals surface area (Å²) in [6.45, 7) is 8.72. The minimum Gasteiger partial charge on any atom is -0.317 e. The molecule has 0 bridgehead atoms. The summed E-state index contributed by atoms with van der Waals surface area (Å²) in [5.74, 6) is 0.856. The zero-order valence-corrected chi connectivity index (χ0v) is 19.3. The van der Waals surface area contributed by atoms with Gasteiger partial charge in [-0.3, -0.25) is 18.8 Å². The number of piperidine rings is 1. The number of hydrogen-bond donors (Lipinski definition) is 0. The molecule has 0 amide bonds. The topological polar surface area (TPSA) is 65.1 Å². The second-order valence-electron chi connectivity index (χ2n) is 8.95. The van der Waals surface area contributed by atoms with E-state index >= 15 is 0 Å². The lowest BCUT2D eigenvalue weighted by atomic mass is 10.00. The minimum absolute atomic E-state index is 0.284. The van der Waals surface area contributed by atoms with Crippen LogP contribution in [0.25, 0.3) is 11.2 Å². The van der Waals surface area contributed by atoms with Gasteiger partial charge in [-0.15, -0.1) is 0 Å². The van der Waals surface area contributed by atoms with E-state index in [0.29, 0.717) is 30.3 Å². The lowest BCUT2D eigenvalue weighted by Gasteiger charge is -2.34. The van der Waals surface area contributed by atoms with Crippen LogP contribution in [0, 0.1) is 13.8 Å². The zero-order valence-electron chi connectivity index (χ0n) is 19.3. The van der Waals surface area contributed by atoms with Gasteiger partial charge in [0.15, 0.2) is 11.2 Å². The molecule has 1 aromatic carbocycles. The molecule has 3 aromatic rings. The van der Waals surface area contributed by atoms with Gasteiger partial charge in [0, 0.05) is 26.7 Å². The number of rotatable bonds is 5. The summed E-state index contributed by atoms with van der Waals surface area (Å²) in [5.41, 5.74) is 3.89. The maximum Gasteiger partial charge on any atom is 0.332 e. The first-order valence-electron chi connectivity index (χ1n) is 11.3. The number of hydrogen-bond acceptors (Lipinski definition) is 4. The Labute approximate surface area is 182 Å². The van der Waals surface area contributed by atoms with E-state index in [1.54, 1.807) is 7.05 Å². The van der Waals surface area contributed by atoms with E-state index in [4.69, 9.17) is 4.98 Å². The first-order chi connectivity index (χ1) is 14.8. The largest absolute Gasteiger partial charge is 0.332 e. The SMILES string of the molecule is CC[C@@H]1CCCCN1Cc1nc2c(c(=O)n(C)c(=O)n2C)n1Cc1cc(C)ccc1C. The number of benzene rings is 1. The molecule has 0 unspecified atom stereocenters. The fourth-order valence-corrected chi connectivity index (χ4v) is 4.84. The highest BCUT2D eigenvalue weighted by atomic mass is 16.2. The monoisotopic (exact) mass is 423 g/mol. The van der Waals surface area contributed by atoms with E-state index in [1.165, 1.54) is 52.1 Å². The van der Waals surface area contributed by atoms with Crippen molar-refractivity contribution in [1.29, 1.82) is 0 Å². The molecule has 0 radical (unpaired) electrons. The maximum atomic E-state index is 13.2. The van der Waals surface area contributed by atoms with E-state index in [0.717, 1.165) is 18.8 Å². The quantitative estimate of drug-likeness (QED) is 0.633. The van der Waals surface area contributed by atoms with E-state index < -0.39 is 0 Å². The van der Waals surface area contributed by atoms with Gasteiger partial charge >= 0.3 is 5.69 Å². The summed E-state index contributed by atoms with van der Waals surface area (Å²) in [7, 11) is 3.23. The number of fused-ring (bicyclic) bond motifs is 1. The fourth-order valence-electron chi connectivity index (χ4n) is 4.84. The van der Waals surface area contributed by atoms with Crippen LogP contribution in [-0.4, -0.2) is 36.2 Å². The minimum atomic E-state index is -0.343. The molecule has 3 heterocycles. The Hall–Kier alpha value is -2.67. The second kappa shape index (κ2) is 8.46. The number of aromatic nitrogens is 4. The van der Waals surface area contributed by atoms with Crippen molar-refractivity contribution in [2.24, 2.45) is 14.1 Å². The average Bonchev–Trinajstić information content (AvgIpc) is 3.11. The lowest BCUT2D eigenvalue weighted by molar-refractivity contribution is 0.131. The van der Waals surface area contributed by atoms with Gasteiger partial charge in [-0.2, -0.15) is 0 Å². The lowest BCUT2D eigenvalue weighted by Crippen LogP contribution is -2.39. The van der Waals surface area contributed by atoms with Gasteiger partial charge < -0.3 is 4.57 Å². The first kappa shape index (κ1) is 21.6. The highest BCUT2D eigenvalue weighted by molar-refractivity contribution is 5.71. The van der Waals surface area contributed by atoms with Gasteiger partial charge in [-0.25, -0.2) is 9.78 Å². The second-order valence-corrected chi connectivity index (χ2v) is 8.95. The highest BCUT2D eigenvalue weighted by Gasteiger charge is 2.25. The van der Waals surface area contributed by atoms with Gasteiger partial charge in [0.2, 0.25) is 0 Å². The van der Waals surface area contributed by atoms with Gasteiger partial charge in [0.05, 0.1) is 6.54 Å². The predicted molar refractivity (Wildman–Crippen MR) is 124 cm³/mol. The van der Waals surface area contributed by atoms with Crippen molar-refractivity contribution in [2.75, 3.05) is 6.54 Å². The first-order valence-corrected chi connectivity index (χ1v) is 11.3. The zero-order chi connectivity index (χ0) is 22.3.